The van der Waals surface area contributed by atoms with Crippen molar-refractivity contribution in [2.24, 2.45) is 0 Å². The number of carbonyl (C=O) groups excluding carboxylic acids is 1. The number of aryl methyl sites for hydroxylation is 1. The van der Waals surface area contributed by atoms with Crippen LogP contribution in [-0.4, -0.2) is 27.5 Å². The molecule has 1 aliphatic rings. The molecule has 3 rings (SSSR count). The number of hydrogen-bond acceptors (Lipinski definition) is 4. The first kappa shape index (κ1) is 19.1. The Morgan fingerprint density at radius 1 is 1.15 bits per heavy atom. The van der Waals surface area contributed by atoms with Gasteiger partial charge in [-0.15, -0.1) is 0 Å². The molecule has 0 bridgehead atoms. The zero-order chi connectivity index (χ0) is 19.8. The lowest BCUT2D eigenvalue weighted by Gasteiger charge is -2.28. The number of carbonyl (C=O) groups is 1. The molecule has 1 aliphatic heterocycles. The first-order valence-corrected chi connectivity index (χ1v) is 9.80. The Hall–Kier alpha value is -2.67. The van der Waals surface area contributed by atoms with E-state index in [1.54, 1.807) is 24.3 Å². The van der Waals surface area contributed by atoms with Gasteiger partial charge >= 0.3 is 5.97 Å². The van der Waals surface area contributed by atoms with Crippen molar-refractivity contribution in [3.63, 3.8) is 0 Å². The van der Waals surface area contributed by atoms with E-state index in [9.17, 15) is 13.2 Å². The molecule has 142 valence electrons. The topological polar surface area (TPSA) is 63.7 Å². The van der Waals surface area contributed by atoms with Crippen molar-refractivity contribution in [1.29, 1.82) is 0 Å². The van der Waals surface area contributed by atoms with Crippen molar-refractivity contribution in [3.8, 4) is 0 Å². The van der Waals surface area contributed by atoms with E-state index in [1.165, 1.54) is 24.3 Å². The van der Waals surface area contributed by atoms with E-state index in [-0.39, 0.29) is 29.3 Å². The molecule has 27 heavy (non-hydrogen) atoms. The number of halogens is 1. The maximum absolute atomic E-state index is 15.3. The molecule has 5 nitrogen and oxygen atoms in total. The number of para-hydroxylation sites is 1. The number of anilines is 1. The van der Waals surface area contributed by atoms with Crippen LogP contribution in [0.25, 0.3) is 0 Å². The van der Waals surface area contributed by atoms with Gasteiger partial charge in [-0.1, -0.05) is 42.5 Å². The van der Waals surface area contributed by atoms with Gasteiger partial charge in [0.15, 0.2) is 0 Å². The highest BCUT2D eigenvalue weighted by molar-refractivity contribution is 7.92. The van der Waals surface area contributed by atoms with Gasteiger partial charge in [0.1, 0.15) is 6.61 Å². The van der Waals surface area contributed by atoms with E-state index >= 15 is 4.39 Å². The molecule has 0 radical (unpaired) electrons. The summed E-state index contributed by atoms with van der Waals surface area (Å²) in [5.74, 6) is -1.08. The molecule has 0 aromatic heterocycles. The summed E-state index contributed by atoms with van der Waals surface area (Å²) in [5.41, 5.74) is -1.23. The average Bonchev–Trinajstić information content (AvgIpc) is 2.67. The Labute approximate surface area is 158 Å². The lowest BCUT2D eigenvalue weighted by Crippen LogP contribution is -2.35. The van der Waals surface area contributed by atoms with Gasteiger partial charge in [-0.25, -0.2) is 17.6 Å². The fraction of sp³-hybridized carbons (Fsp3) is 0.250. The van der Waals surface area contributed by atoms with Gasteiger partial charge in [0.05, 0.1) is 17.1 Å². The Morgan fingerprint density at radius 3 is 2.44 bits per heavy atom. The third-order valence-electron chi connectivity index (χ3n) is 4.45. The van der Waals surface area contributed by atoms with Gasteiger partial charge in [0.2, 0.25) is 5.67 Å². The van der Waals surface area contributed by atoms with Crippen LogP contribution in [0, 0.1) is 6.92 Å². The Bertz CT molecular complexity index is 997. The number of cyclic esters (lactones) is 1. The molecule has 0 spiro atoms. The molecule has 2 aromatic rings. The summed E-state index contributed by atoms with van der Waals surface area (Å²) in [7, 11) is -4.01. The van der Waals surface area contributed by atoms with Gasteiger partial charge in [0, 0.05) is 5.56 Å². The molecule has 2 aromatic carbocycles. The molecule has 1 heterocycles. The van der Waals surface area contributed by atoms with Crippen LogP contribution in [0.4, 0.5) is 10.1 Å². The minimum atomic E-state index is -4.01. The van der Waals surface area contributed by atoms with Gasteiger partial charge in [0.25, 0.3) is 10.0 Å². The Kier molecular flexibility index (Phi) is 4.82. The van der Waals surface area contributed by atoms with Crippen molar-refractivity contribution in [2.75, 3.05) is 17.5 Å². The summed E-state index contributed by atoms with van der Waals surface area (Å²) in [6.45, 7) is 6.31. The fourth-order valence-electron chi connectivity index (χ4n) is 2.89. The Balaban J connectivity index is 2.23. The van der Waals surface area contributed by atoms with Crippen LogP contribution in [-0.2, 0) is 25.2 Å². The van der Waals surface area contributed by atoms with Crippen LogP contribution < -0.4 is 4.31 Å². The second kappa shape index (κ2) is 6.81. The molecule has 0 N–H and O–H groups in total. The van der Waals surface area contributed by atoms with Crippen molar-refractivity contribution >= 4 is 21.7 Å². The number of sulfonamides is 1. The van der Waals surface area contributed by atoms with E-state index in [1.807, 2.05) is 6.92 Å². The quantitative estimate of drug-likeness (QED) is 0.583. The monoisotopic (exact) mass is 389 g/mol. The number of fused-ring (bicyclic) bond motifs is 1. The van der Waals surface area contributed by atoms with Gasteiger partial charge in [-0.05, 0) is 37.6 Å². The summed E-state index contributed by atoms with van der Waals surface area (Å²) in [6, 6.07) is 12.4. The normalized spacial score (nSPS) is 20.9. The predicted molar refractivity (Wildman–Crippen MR) is 101 cm³/mol. The van der Waals surface area contributed by atoms with Crippen molar-refractivity contribution in [3.05, 3.63) is 71.8 Å². The highest BCUT2D eigenvalue weighted by Gasteiger charge is 2.42. The SMILES string of the molecule is C=C1COC(=O)[C@@](C)(F)c2ccccc2N(S(=O)(=O)c2ccc(C)cc2)C1. The maximum atomic E-state index is 15.3. The standard InChI is InChI=1S/C20H20FNO4S/c1-14-8-10-16(11-9-14)27(24,25)22-12-15(2)13-26-19(23)20(3,21)17-6-4-5-7-18(17)22/h4-11H,2,12-13H2,1,3H3/t20-/m0/s1. The zero-order valence-corrected chi connectivity index (χ0v) is 15.9. The maximum Gasteiger partial charge on any atom is 0.348 e. The van der Waals surface area contributed by atoms with Crippen molar-refractivity contribution in [2.45, 2.75) is 24.4 Å². The van der Waals surface area contributed by atoms with E-state index in [4.69, 9.17) is 4.74 Å². The summed E-state index contributed by atoms with van der Waals surface area (Å²) >= 11 is 0. The van der Waals surface area contributed by atoms with Crippen LogP contribution in [0.3, 0.4) is 0 Å². The molecule has 7 heteroatoms. The number of rotatable bonds is 2. The molecule has 0 saturated carbocycles. The second-order valence-electron chi connectivity index (χ2n) is 6.67. The summed E-state index contributed by atoms with van der Waals surface area (Å²) in [6.07, 6.45) is 0. The molecule has 0 amide bonds. The number of alkyl halides is 1. The number of benzene rings is 2. The minimum Gasteiger partial charge on any atom is -0.458 e. The largest absolute Gasteiger partial charge is 0.458 e. The van der Waals surface area contributed by atoms with Gasteiger partial charge < -0.3 is 4.74 Å². The molecule has 0 unspecified atom stereocenters. The van der Waals surface area contributed by atoms with Crippen molar-refractivity contribution in [1.82, 2.24) is 0 Å². The van der Waals surface area contributed by atoms with Gasteiger partial charge in [-0.2, -0.15) is 0 Å². The first-order valence-electron chi connectivity index (χ1n) is 8.36. The minimum absolute atomic E-state index is 0.0691. The van der Waals surface area contributed by atoms with Crippen molar-refractivity contribution < 1.29 is 22.3 Å². The third kappa shape index (κ3) is 3.47. The van der Waals surface area contributed by atoms with Crippen LogP contribution in [0.15, 0.2) is 65.6 Å². The lowest BCUT2D eigenvalue weighted by atomic mass is 9.96. The van der Waals surface area contributed by atoms with E-state index in [0.717, 1.165) is 16.8 Å². The molecule has 0 saturated heterocycles. The molecule has 0 fully saturated rings. The third-order valence-corrected chi connectivity index (χ3v) is 6.22. The summed E-state index contributed by atoms with van der Waals surface area (Å²) in [4.78, 5) is 12.3. The zero-order valence-electron chi connectivity index (χ0n) is 15.1. The summed E-state index contributed by atoms with van der Waals surface area (Å²) < 4.78 is 48.0. The van der Waals surface area contributed by atoms with Gasteiger partial charge in [-0.3, -0.25) is 4.31 Å². The first-order chi connectivity index (χ1) is 12.6. The van der Waals surface area contributed by atoms with Crippen LogP contribution in [0.2, 0.25) is 0 Å². The summed E-state index contributed by atoms with van der Waals surface area (Å²) in [5, 5.41) is 0. The second-order valence-corrected chi connectivity index (χ2v) is 8.53. The Morgan fingerprint density at radius 2 is 1.78 bits per heavy atom. The number of hydrogen-bond donors (Lipinski definition) is 0. The highest BCUT2D eigenvalue weighted by atomic mass is 32.2. The van der Waals surface area contributed by atoms with Crippen LogP contribution in [0.1, 0.15) is 18.1 Å². The van der Waals surface area contributed by atoms with Crippen LogP contribution in [0.5, 0.6) is 0 Å². The molecular weight excluding hydrogens is 369 g/mol. The smallest absolute Gasteiger partial charge is 0.348 e. The number of esters is 1. The molecule has 0 aliphatic carbocycles. The molecule has 1 atom stereocenters. The fourth-order valence-corrected chi connectivity index (χ4v) is 4.39. The highest BCUT2D eigenvalue weighted by Crippen LogP contribution is 2.38. The molecular formula is C20H20FNO4S. The van der Waals surface area contributed by atoms with Crippen LogP contribution >= 0.6 is 0 Å². The average molecular weight is 389 g/mol. The van der Waals surface area contributed by atoms with E-state index in [0.29, 0.717) is 5.57 Å². The predicted octanol–water partition coefficient (Wildman–Crippen LogP) is 3.49. The number of nitrogens with zero attached hydrogens (tertiary/aromatic N) is 1. The lowest BCUT2D eigenvalue weighted by molar-refractivity contribution is -0.156. The number of ether oxygens (including phenoxy) is 1. The van der Waals surface area contributed by atoms with E-state index < -0.39 is 21.7 Å². The van der Waals surface area contributed by atoms with E-state index in [2.05, 4.69) is 6.58 Å².